The van der Waals surface area contributed by atoms with Crippen molar-refractivity contribution in [3.63, 3.8) is 0 Å². The first-order valence-electron chi connectivity index (χ1n) is 7.59. The van der Waals surface area contributed by atoms with Crippen molar-refractivity contribution >= 4 is 22.5 Å². The average Bonchev–Trinajstić information content (AvgIpc) is 2.64. The SMILES string of the molecule is COc1ccc(OC)c(NC(=O)Cn2ncc(=O)c3ccccc32)c1. The second-order valence-electron chi connectivity index (χ2n) is 5.30. The van der Waals surface area contributed by atoms with Crippen molar-refractivity contribution in [3.8, 4) is 11.5 Å². The maximum atomic E-state index is 12.4. The third-order valence-electron chi connectivity index (χ3n) is 3.74. The number of methoxy groups -OCH3 is 2. The predicted molar refractivity (Wildman–Crippen MR) is 94.2 cm³/mol. The number of fused-ring (bicyclic) bond motifs is 1. The molecule has 7 heteroatoms. The Morgan fingerprint density at radius 1 is 1.16 bits per heavy atom. The van der Waals surface area contributed by atoms with Gasteiger partial charge in [0.1, 0.15) is 18.0 Å². The summed E-state index contributed by atoms with van der Waals surface area (Å²) in [6.07, 6.45) is 1.21. The normalized spacial score (nSPS) is 10.5. The number of para-hydroxylation sites is 1. The Morgan fingerprint density at radius 3 is 2.72 bits per heavy atom. The van der Waals surface area contributed by atoms with Crippen molar-refractivity contribution in [2.75, 3.05) is 19.5 Å². The van der Waals surface area contributed by atoms with Crippen LogP contribution in [0, 0.1) is 0 Å². The number of ether oxygens (including phenoxy) is 2. The molecule has 0 aliphatic heterocycles. The number of amides is 1. The minimum Gasteiger partial charge on any atom is -0.497 e. The summed E-state index contributed by atoms with van der Waals surface area (Å²) in [7, 11) is 3.07. The highest BCUT2D eigenvalue weighted by molar-refractivity contribution is 5.93. The fraction of sp³-hybridized carbons (Fsp3) is 0.167. The summed E-state index contributed by atoms with van der Waals surface area (Å²) in [5.74, 6) is 0.822. The number of nitrogens with zero attached hydrogens (tertiary/aromatic N) is 2. The largest absolute Gasteiger partial charge is 0.497 e. The van der Waals surface area contributed by atoms with Gasteiger partial charge in [0.05, 0.1) is 31.6 Å². The Morgan fingerprint density at radius 2 is 1.96 bits per heavy atom. The molecule has 128 valence electrons. The van der Waals surface area contributed by atoms with Crippen LogP contribution in [0.4, 0.5) is 5.69 Å². The smallest absolute Gasteiger partial charge is 0.246 e. The Bertz CT molecular complexity index is 981. The molecule has 0 radical (unpaired) electrons. The van der Waals surface area contributed by atoms with Crippen LogP contribution in [0.3, 0.4) is 0 Å². The monoisotopic (exact) mass is 339 g/mol. The van der Waals surface area contributed by atoms with Gasteiger partial charge in [0.2, 0.25) is 11.3 Å². The summed E-state index contributed by atoms with van der Waals surface area (Å²) in [5, 5.41) is 7.35. The topological polar surface area (TPSA) is 82.4 Å². The molecule has 0 spiro atoms. The molecule has 1 aromatic heterocycles. The van der Waals surface area contributed by atoms with Crippen LogP contribution in [0.15, 0.2) is 53.5 Å². The molecule has 0 fully saturated rings. The first-order chi connectivity index (χ1) is 12.1. The van der Waals surface area contributed by atoms with Crippen LogP contribution in [0.5, 0.6) is 11.5 Å². The van der Waals surface area contributed by atoms with Gasteiger partial charge in [0, 0.05) is 11.5 Å². The van der Waals surface area contributed by atoms with Gasteiger partial charge in [-0.15, -0.1) is 0 Å². The molecule has 0 aliphatic rings. The van der Waals surface area contributed by atoms with Crippen molar-refractivity contribution in [1.29, 1.82) is 0 Å². The number of carbonyl (C=O) groups excluding carboxylic acids is 1. The fourth-order valence-electron chi connectivity index (χ4n) is 2.52. The van der Waals surface area contributed by atoms with Crippen LogP contribution < -0.4 is 20.2 Å². The standard InChI is InChI=1S/C18H17N3O4/c1-24-12-7-8-17(25-2)14(9-12)20-18(23)11-21-15-6-4-3-5-13(15)16(22)10-19-21/h3-10H,11H2,1-2H3,(H,20,23). The molecule has 1 amide bonds. The van der Waals surface area contributed by atoms with E-state index in [0.717, 1.165) is 0 Å². The lowest BCUT2D eigenvalue weighted by atomic mass is 10.2. The first kappa shape index (κ1) is 16.5. The van der Waals surface area contributed by atoms with Crippen molar-refractivity contribution < 1.29 is 14.3 Å². The molecule has 0 aliphatic carbocycles. The molecule has 0 saturated carbocycles. The van der Waals surface area contributed by atoms with E-state index in [-0.39, 0.29) is 17.9 Å². The number of aromatic nitrogens is 2. The molecule has 0 unspecified atom stereocenters. The number of benzene rings is 2. The van der Waals surface area contributed by atoms with Gasteiger partial charge in [0.15, 0.2) is 0 Å². The zero-order chi connectivity index (χ0) is 17.8. The third kappa shape index (κ3) is 3.45. The van der Waals surface area contributed by atoms with E-state index in [4.69, 9.17) is 9.47 Å². The van der Waals surface area contributed by atoms with Crippen LogP contribution in [-0.4, -0.2) is 29.9 Å². The van der Waals surface area contributed by atoms with Crippen LogP contribution in [0.2, 0.25) is 0 Å². The van der Waals surface area contributed by atoms with Crippen molar-refractivity contribution in [3.05, 3.63) is 58.9 Å². The Kier molecular flexibility index (Phi) is 4.65. The molecule has 3 aromatic rings. The molecular formula is C18H17N3O4. The highest BCUT2D eigenvalue weighted by atomic mass is 16.5. The Hall–Kier alpha value is -3.35. The molecule has 3 rings (SSSR count). The minimum absolute atomic E-state index is 0.0405. The van der Waals surface area contributed by atoms with E-state index < -0.39 is 0 Å². The van der Waals surface area contributed by atoms with Gasteiger partial charge in [-0.05, 0) is 24.3 Å². The second-order valence-corrected chi connectivity index (χ2v) is 5.30. The van der Waals surface area contributed by atoms with Crippen molar-refractivity contribution in [2.24, 2.45) is 0 Å². The molecule has 0 bridgehead atoms. The van der Waals surface area contributed by atoms with Crippen LogP contribution in [0.25, 0.3) is 10.9 Å². The number of nitrogens with one attached hydrogen (secondary N) is 1. The summed E-state index contributed by atoms with van der Waals surface area (Å²) >= 11 is 0. The lowest BCUT2D eigenvalue weighted by Crippen LogP contribution is -2.22. The zero-order valence-corrected chi connectivity index (χ0v) is 13.9. The first-order valence-corrected chi connectivity index (χ1v) is 7.59. The lowest BCUT2D eigenvalue weighted by Gasteiger charge is -2.13. The number of rotatable bonds is 5. The summed E-state index contributed by atoms with van der Waals surface area (Å²) in [5.41, 5.74) is 0.918. The van der Waals surface area contributed by atoms with E-state index in [1.807, 2.05) is 0 Å². The fourth-order valence-corrected chi connectivity index (χ4v) is 2.52. The highest BCUT2D eigenvalue weighted by Crippen LogP contribution is 2.28. The molecule has 0 atom stereocenters. The summed E-state index contributed by atoms with van der Waals surface area (Å²) < 4.78 is 11.9. The second kappa shape index (κ2) is 7.04. The van der Waals surface area contributed by atoms with E-state index in [2.05, 4.69) is 10.4 Å². The number of hydrogen-bond donors (Lipinski definition) is 1. The van der Waals surface area contributed by atoms with Gasteiger partial charge < -0.3 is 14.8 Å². The number of hydrogen-bond acceptors (Lipinski definition) is 5. The van der Waals surface area contributed by atoms with Gasteiger partial charge in [-0.2, -0.15) is 5.10 Å². The molecule has 7 nitrogen and oxygen atoms in total. The zero-order valence-electron chi connectivity index (χ0n) is 13.9. The molecular weight excluding hydrogens is 322 g/mol. The molecule has 1 heterocycles. The summed E-state index contributed by atoms with van der Waals surface area (Å²) in [4.78, 5) is 24.3. The van der Waals surface area contributed by atoms with E-state index >= 15 is 0 Å². The Balaban J connectivity index is 1.87. The van der Waals surface area contributed by atoms with E-state index in [0.29, 0.717) is 28.1 Å². The highest BCUT2D eigenvalue weighted by Gasteiger charge is 2.11. The predicted octanol–water partition coefficient (Wildman–Crippen LogP) is 2.05. The van der Waals surface area contributed by atoms with Crippen LogP contribution in [-0.2, 0) is 11.3 Å². The van der Waals surface area contributed by atoms with Crippen molar-refractivity contribution in [2.45, 2.75) is 6.54 Å². The molecule has 0 saturated heterocycles. The minimum atomic E-state index is -0.298. The van der Waals surface area contributed by atoms with Gasteiger partial charge in [-0.25, -0.2) is 0 Å². The maximum absolute atomic E-state index is 12.4. The van der Waals surface area contributed by atoms with Crippen molar-refractivity contribution in [1.82, 2.24) is 9.78 Å². The quantitative estimate of drug-likeness (QED) is 0.769. The molecule has 2 aromatic carbocycles. The third-order valence-corrected chi connectivity index (χ3v) is 3.74. The van der Waals surface area contributed by atoms with Crippen LogP contribution >= 0.6 is 0 Å². The molecule has 1 N–H and O–H groups in total. The van der Waals surface area contributed by atoms with E-state index in [1.54, 1.807) is 49.6 Å². The summed E-state index contributed by atoms with van der Waals surface area (Å²) in [6.45, 7) is -0.0405. The maximum Gasteiger partial charge on any atom is 0.246 e. The van der Waals surface area contributed by atoms with Gasteiger partial charge in [-0.3, -0.25) is 14.3 Å². The average molecular weight is 339 g/mol. The van der Waals surface area contributed by atoms with E-state index in [9.17, 15) is 9.59 Å². The number of anilines is 1. The van der Waals surface area contributed by atoms with Gasteiger partial charge in [-0.1, -0.05) is 12.1 Å². The van der Waals surface area contributed by atoms with Gasteiger partial charge in [0.25, 0.3) is 0 Å². The van der Waals surface area contributed by atoms with Crippen LogP contribution in [0.1, 0.15) is 0 Å². The Labute approximate surface area is 143 Å². The summed E-state index contributed by atoms with van der Waals surface area (Å²) in [6, 6.07) is 12.2. The number of carbonyl (C=O) groups is 1. The van der Waals surface area contributed by atoms with E-state index in [1.165, 1.54) is 18.0 Å². The van der Waals surface area contributed by atoms with Gasteiger partial charge >= 0.3 is 0 Å². The molecule has 25 heavy (non-hydrogen) atoms. The lowest BCUT2D eigenvalue weighted by molar-refractivity contribution is -0.116.